The molecule has 2 aromatic heterocycles. The number of sulfonamides is 1. The fourth-order valence-electron chi connectivity index (χ4n) is 5.86. The van der Waals surface area contributed by atoms with E-state index in [-0.39, 0.29) is 31.1 Å². The number of nitrogens with one attached hydrogen (secondary N) is 2. The predicted molar refractivity (Wildman–Crippen MR) is 147 cm³/mol. The van der Waals surface area contributed by atoms with Crippen molar-refractivity contribution in [1.29, 1.82) is 0 Å². The Labute approximate surface area is 230 Å². The van der Waals surface area contributed by atoms with Gasteiger partial charge in [-0.3, -0.25) is 9.52 Å². The van der Waals surface area contributed by atoms with Crippen molar-refractivity contribution in [1.82, 2.24) is 14.8 Å². The molecule has 1 saturated heterocycles. The molecule has 0 radical (unpaired) electrons. The van der Waals surface area contributed by atoms with Gasteiger partial charge in [-0.15, -0.1) is 0 Å². The second-order valence-corrected chi connectivity index (χ2v) is 13.2. The maximum Gasteiger partial charge on any atom is 0.258 e. The number of carbonyl (C=O) groups is 1. The number of aliphatic hydroxyl groups is 1. The third kappa shape index (κ3) is 5.49. The van der Waals surface area contributed by atoms with E-state index in [0.29, 0.717) is 33.4 Å². The summed E-state index contributed by atoms with van der Waals surface area (Å²) in [5, 5.41) is 17.1. The van der Waals surface area contributed by atoms with E-state index < -0.39 is 34.2 Å². The second-order valence-electron chi connectivity index (χ2n) is 11.4. The van der Waals surface area contributed by atoms with E-state index in [1.54, 1.807) is 35.1 Å². The van der Waals surface area contributed by atoms with Gasteiger partial charge in [-0.05, 0) is 67.3 Å². The van der Waals surface area contributed by atoms with E-state index in [0.717, 1.165) is 25.9 Å². The van der Waals surface area contributed by atoms with E-state index in [1.165, 1.54) is 18.9 Å². The summed E-state index contributed by atoms with van der Waals surface area (Å²) in [5.74, 6) is -3.42. The van der Waals surface area contributed by atoms with Gasteiger partial charge in [0.25, 0.3) is 5.91 Å². The van der Waals surface area contributed by atoms with Crippen molar-refractivity contribution in [2.24, 2.45) is 11.3 Å². The molecule has 1 spiro atoms. The van der Waals surface area contributed by atoms with Crippen LogP contribution in [0.15, 0.2) is 36.5 Å². The number of anilines is 3. The third-order valence-corrected chi connectivity index (χ3v) is 9.61. The van der Waals surface area contributed by atoms with Crippen molar-refractivity contribution in [3.05, 3.63) is 42.1 Å². The number of piperidine rings is 1. The van der Waals surface area contributed by atoms with Crippen LogP contribution in [0.3, 0.4) is 0 Å². The SMILES string of the molecule is O=C(Nc1nn(CC2CC(F)(F)C2)c2ncccc12)c1ccc(NS(=O)(=O)CCO)cc1N1CCC2(CC1)CC2. The van der Waals surface area contributed by atoms with E-state index in [4.69, 9.17) is 5.11 Å². The minimum absolute atomic E-state index is 0.197. The average molecular weight is 575 g/mol. The molecule has 3 aromatic rings. The van der Waals surface area contributed by atoms with E-state index in [1.807, 2.05) is 0 Å². The van der Waals surface area contributed by atoms with E-state index in [2.05, 4.69) is 25.0 Å². The molecular formula is C27H32F2N6O4S. The lowest BCUT2D eigenvalue weighted by molar-refractivity contribution is -0.114. The van der Waals surface area contributed by atoms with Crippen molar-refractivity contribution in [3.63, 3.8) is 0 Å². The first-order valence-electron chi connectivity index (χ1n) is 13.6. The smallest absolute Gasteiger partial charge is 0.258 e. The molecule has 1 amide bonds. The zero-order valence-corrected chi connectivity index (χ0v) is 22.8. The minimum atomic E-state index is -3.74. The number of amides is 1. The Bertz CT molecular complexity index is 1540. The molecule has 0 atom stereocenters. The molecular weight excluding hydrogens is 542 g/mol. The molecule has 1 aromatic carbocycles. The highest BCUT2D eigenvalue weighted by Crippen LogP contribution is 2.54. The quantitative estimate of drug-likeness (QED) is 0.354. The molecule has 3 fully saturated rings. The summed E-state index contributed by atoms with van der Waals surface area (Å²) in [4.78, 5) is 20.1. The van der Waals surface area contributed by atoms with E-state index in [9.17, 15) is 22.0 Å². The molecule has 2 saturated carbocycles. The number of rotatable bonds is 9. The summed E-state index contributed by atoms with van der Waals surface area (Å²) in [5.41, 5.74) is 2.19. The highest BCUT2D eigenvalue weighted by Gasteiger charge is 2.46. The average Bonchev–Trinajstić information content (AvgIpc) is 3.56. The molecule has 40 heavy (non-hydrogen) atoms. The minimum Gasteiger partial charge on any atom is -0.395 e. The largest absolute Gasteiger partial charge is 0.395 e. The lowest BCUT2D eigenvalue weighted by Crippen LogP contribution is -2.37. The number of nitrogens with zero attached hydrogens (tertiary/aromatic N) is 4. The zero-order valence-electron chi connectivity index (χ0n) is 21.9. The van der Waals surface area contributed by atoms with Crippen LogP contribution in [0.5, 0.6) is 0 Å². The molecule has 10 nitrogen and oxygen atoms in total. The zero-order chi connectivity index (χ0) is 28.1. The molecule has 1 aliphatic heterocycles. The molecule has 6 rings (SSSR count). The third-order valence-electron chi connectivity index (χ3n) is 8.34. The lowest BCUT2D eigenvalue weighted by atomic mass is 9.81. The van der Waals surface area contributed by atoms with Gasteiger partial charge in [0, 0.05) is 38.7 Å². The standard InChI is InChI=1S/C27H32F2N6O4S/c28-27(29)15-18(16-27)17-35-24-21(2-1-9-30-24)23(32-35)31-25(37)20-4-3-19(33-40(38,39)13-12-36)14-22(20)34-10-7-26(5-6-26)8-11-34/h1-4,9,14,18,33,36H,5-8,10-13,15-17H2,(H,31,32,37). The van der Waals surface area contributed by atoms with Gasteiger partial charge in [0.05, 0.1) is 34.7 Å². The number of hydrogen-bond donors (Lipinski definition) is 3. The molecule has 3 heterocycles. The van der Waals surface area contributed by atoms with Gasteiger partial charge in [-0.2, -0.15) is 5.10 Å². The van der Waals surface area contributed by atoms with Crippen LogP contribution in [0.1, 0.15) is 48.9 Å². The topological polar surface area (TPSA) is 129 Å². The monoisotopic (exact) mass is 574 g/mol. The number of halogens is 2. The van der Waals surface area contributed by atoms with Crippen LogP contribution in [0, 0.1) is 11.3 Å². The van der Waals surface area contributed by atoms with Gasteiger partial charge in [0.1, 0.15) is 0 Å². The van der Waals surface area contributed by atoms with Gasteiger partial charge < -0.3 is 15.3 Å². The van der Waals surface area contributed by atoms with Crippen LogP contribution >= 0.6 is 0 Å². The number of hydrogen-bond acceptors (Lipinski definition) is 7. The normalized spacial score (nSPS) is 19.9. The number of pyridine rings is 1. The molecule has 214 valence electrons. The van der Waals surface area contributed by atoms with Crippen molar-refractivity contribution in [2.75, 3.05) is 40.4 Å². The Morgan fingerprint density at radius 3 is 2.55 bits per heavy atom. The van der Waals surface area contributed by atoms with Crippen molar-refractivity contribution in [3.8, 4) is 0 Å². The van der Waals surface area contributed by atoms with Crippen LogP contribution in [-0.2, 0) is 16.6 Å². The highest BCUT2D eigenvalue weighted by molar-refractivity contribution is 7.92. The summed E-state index contributed by atoms with van der Waals surface area (Å²) < 4.78 is 55.4. The van der Waals surface area contributed by atoms with Gasteiger partial charge in [0.2, 0.25) is 15.9 Å². The Morgan fingerprint density at radius 1 is 1.12 bits per heavy atom. The summed E-state index contributed by atoms with van der Waals surface area (Å²) in [7, 11) is -3.74. The molecule has 0 unspecified atom stereocenters. The van der Waals surface area contributed by atoms with Crippen LogP contribution < -0.4 is 14.9 Å². The van der Waals surface area contributed by atoms with Gasteiger partial charge >= 0.3 is 0 Å². The molecule has 2 aliphatic carbocycles. The van der Waals surface area contributed by atoms with Gasteiger partial charge in [-0.1, -0.05) is 0 Å². The number of aromatic nitrogens is 3. The second kappa shape index (κ2) is 9.95. The van der Waals surface area contributed by atoms with Gasteiger partial charge in [-0.25, -0.2) is 26.9 Å². The summed E-state index contributed by atoms with van der Waals surface area (Å²) >= 11 is 0. The molecule has 13 heteroatoms. The van der Waals surface area contributed by atoms with Crippen molar-refractivity contribution < 1.29 is 27.1 Å². The number of fused-ring (bicyclic) bond motifs is 1. The Kier molecular flexibility index (Phi) is 6.68. The summed E-state index contributed by atoms with van der Waals surface area (Å²) in [6.07, 6.45) is 5.66. The maximum atomic E-state index is 13.7. The molecule has 3 aliphatic rings. The first kappa shape index (κ1) is 26.9. The number of benzene rings is 1. The molecule has 3 N–H and O–H groups in total. The number of alkyl halides is 2. The van der Waals surface area contributed by atoms with Gasteiger partial charge in [0.15, 0.2) is 11.5 Å². The summed E-state index contributed by atoms with van der Waals surface area (Å²) in [6.45, 7) is 1.28. The fourth-order valence-corrected chi connectivity index (χ4v) is 6.69. The Morgan fingerprint density at radius 2 is 1.88 bits per heavy atom. The Balaban J connectivity index is 1.28. The molecule has 0 bridgehead atoms. The first-order valence-corrected chi connectivity index (χ1v) is 15.2. The van der Waals surface area contributed by atoms with Crippen LogP contribution in [0.4, 0.5) is 26.0 Å². The van der Waals surface area contributed by atoms with Crippen molar-refractivity contribution in [2.45, 2.75) is 51.0 Å². The van der Waals surface area contributed by atoms with Crippen LogP contribution in [0.2, 0.25) is 0 Å². The number of carbonyl (C=O) groups excluding carboxylic acids is 1. The van der Waals surface area contributed by atoms with Crippen LogP contribution in [-0.4, -0.2) is 65.6 Å². The predicted octanol–water partition coefficient (Wildman–Crippen LogP) is 3.84. The maximum absolute atomic E-state index is 13.7. The lowest BCUT2D eigenvalue weighted by Gasteiger charge is -2.35. The summed E-state index contributed by atoms with van der Waals surface area (Å²) in [6, 6.07) is 8.26. The Hall–Kier alpha value is -3.32. The highest BCUT2D eigenvalue weighted by atomic mass is 32.2. The van der Waals surface area contributed by atoms with E-state index >= 15 is 0 Å². The van der Waals surface area contributed by atoms with Crippen molar-refractivity contribution >= 4 is 44.2 Å². The van der Waals surface area contributed by atoms with Crippen LogP contribution in [0.25, 0.3) is 11.0 Å². The first-order chi connectivity index (χ1) is 19.1. The number of aliphatic hydroxyl groups excluding tert-OH is 1. The fraction of sp³-hybridized carbons (Fsp3) is 0.519.